The molecule has 0 fully saturated rings. The second-order valence-corrected chi connectivity index (χ2v) is 6.97. The number of carbonyl (C=O) groups is 2. The molecule has 1 amide bonds. The Kier molecular flexibility index (Phi) is 6.65. The van der Waals surface area contributed by atoms with E-state index in [1.165, 1.54) is 0 Å². The van der Waals surface area contributed by atoms with Crippen molar-refractivity contribution < 1.29 is 19.8 Å². The van der Waals surface area contributed by atoms with E-state index in [0.29, 0.717) is 0 Å². The van der Waals surface area contributed by atoms with Gasteiger partial charge in [-0.2, -0.15) is 0 Å². The minimum atomic E-state index is -1.12. The van der Waals surface area contributed by atoms with Gasteiger partial charge in [-0.25, -0.2) is 4.79 Å². The standard InChI is InChI=1S/C23H20ClNO4/c24-20-8-4-3-7-19(20)22(27)25-21(23(28)29)13-15-9-11-16(12-10-15)18-6-2-1-5-17(18)14-26/h1-12,21,26H,13-14H2,(H,25,27)(H,28,29). The number of hydrogen-bond acceptors (Lipinski definition) is 3. The number of aliphatic carboxylic acids is 1. The first kappa shape index (κ1) is 20.6. The molecule has 3 aromatic carbocycles. The molecule has 5 nitrogen and oxygen atoms in total. The normalized spacial score (nSPS) is 11.7. The van der Waals surface area contributed by atoms with Crippen LogP contribution in [0.2, 0.25) is 5.02 Å². The number of carboxylic acids is 1. The molecule has 0 aliphatic carbocycles. The van der Waals surface area contributed by atoms with Crippen LogP contribution in [0.5, 0.6) is 0 Å². The molecule has 0 heterocycles. The molecule has 0 saturated heterocycles. The minimum Gasteiger partial charge on any atom is -0.480 e. The number of carboxylic acid groups (broad SMARTS) is 1. The summed E-state index contributed by atoms with van der Waals surface area (Å²) in [5, 5.41) is 21.8. The monoisotopic (exact) mass is 409 g/mol. The van der Waals surface area contributed by atoms with Gasteiger partial charge in [0.1, 0.15) is 6.04 Å². The summed E-state index contributed by atoms with van der Waals surface area (Å²) in [6.45, 7) is -0.0624. The Labute approximate surface area is 173 Å². The lowest BCUT2D eigenvalue weighted by Crippen LogP contribution is -2.42. The average Bonchev–Trinajstić information content (AvgIpc) is 2.74. The lowest BCUT2D eigenvalue weighted by Gasteiger charge is -2.16. The van der Waals surface area contributed by atoms with Crippen molar-refractivity contribution in [2.75, 3.05) is 0 Å². The van der Waals surface area contributed by atoms with Crippen LogP contribution in [0.25, 0.3) is 11.1 Å². The summed E-state index contributed by atoms with van der Waals surface area (Å²) in [5.41, 5.74) is 3.66. The van der Waals surface area contributed by atoms with Crippen molar-refractivity contribution in [3.63, 3.8) is 0 Å². The van der Waals surface area contributed by atoms with Crippen LogP contribution in [0.15, 0.2) is 72.8 Å². The van der Waals surface area contributed by atoms with E-state index in [-0.39, 0.29) is 23.6 Å². The molecular weight excluding hydrogens is 390 g/mol. The molecule has 0 spiro atoms. The Morgan fingerprint density at radius 3 is 2.24 bits per heavy atom. The molecule has 6 heteroatoms. The first-order chi connectivity index (χ1) is 14.0. The fourth-order valence-corrected chi connectivity index (χ4v) is 3.30. The molecule has 0 bridgehead atoms. The summed E-state index contributed by atoms with van der Waals surface area (Å²) < 4.78 is 0. The molecular formula is C23H20ClNO4. The van der Waals surface area contributed by atoms with Crippen LogP contribution < -0.4 is 5.32 Å². The minimum absolute atomic E-state index is 0.0624. The number of hydrogen-bond donors (Lipinski definition) is 3. The topological polar surface area (TPSA) is 86.6 Å². The summed E-state index contributed by atoms with van der Waals surface area (Å²) in [4.78, 5) is 24.0. The molecule has 0 radical (unpaired) electrons. The van der Waals surface area contributed by atoms with E-state index < -0.39 is 17.9 Å². The third-order valence-electron chi connectivity index (χ3n) is 4.61. The smallest absolute Gasteiger partial charge is 0.326 e. The zero-order chi connectivity index (χ0) is 20.8. The van der Waals surface area contributed by atoms with E-state index in [4.69, 9.17) is 11.6 Å². The molecule has 3 rings (SSSR count). The van der Waals surface area contributed by atoms with Crippen molar-refractivity contribution in [3.05, 3.63) is 94.5 Å². The fourth-order valence-electron chi connectivity index (χ4n) is 3.08. The zero-order valence-corrected chi connectivity index (χ0v) is 16.3. The highest BCUT2D eigenvalue weighted by atomic mass is 35.5. The van der Waals surface area contributed by atoms with E-state index in [2.05, 4.69) is 5.32 Å². The second kappa shape index (κ2) is 9.37. The van der Waals surface area contributed by atoms with Crippen LogP contribution in [0.4, 0.5) is 0 Å². The van der Waals surface area contributed by atoms with Gasteiger partial charge in [-0.1, -0.05) is 72.3 Å². The summed E-state index contributed by atoms with van der Waals surface area (Å²) in [6.07, 6.45) is 0.132. The molecule has 148 valence electrons. The van der Waals surface area contributed by atoms with Gasteiger partial charge >= 0.3 is 5.97 Å². The number of aliphatic hydroxyl groups is 1. The average molecular weight is 410 g/mol. The van der Waals surface area contributed by atoms with Gasteiger partial charge < -0.3 is 15.5 Å². The molecule has 0 aliphatic rings. The van der Waals surface area contributed by atoms with Gasteiger partial charge in [-0.15, -0.1) is 0 Å². The Bertz CT molecular complexity index is 1020. The highest BCUT2D eigenvalue weighted by Gasteiger charge is 2.22. The van der Waals surface area contributed by atoms with E-state index in [1.54, 1.807) is 24.3 Å². The van der Waals surface area contributed by atoms with Crippen molar-refractivity contribution >= 4 is 23.5 Å². The number of nitrogens with one attached hydrogen (secondary N) is 1. The van der Waals surface area contributed by atoms with E-state index in [0.717, 1.165) is 22.3 Å². The molecule has 3 N–H and O–H groups in total. The first-order valence-corrected chi connectivity index (χ1v) is 9.43. The van der Waals surface area contributed by atoms with Gasteiger partial charge in [0, 0.05) is 6.42 Å². The van der Waals surface area contributed by atoms with Gasteiger partial charge in [0.2, 0.25) is 0 Å². The SMILES string of the molecule is O=C(NC(Cc1ccc(-c2ccccc2CO)cc1)C(=O)O)c1ccccc1Cl. The number of benzene rings is 3. The highest BCUT2D eigenvalue weighted by molar-refractivity contribution is 6.33. The Balaban J connectivity index is 1.75. The van der Waals surface area contributed by atoms with Crippen LogP contribution in [-0.4, -0.2) is 28.1 Å². The number of aliphatic hydroxyl groups excluding tert-OH is 1. The van der Waals surface area contributed by atoms with Crippen molar-refractivity contribution in [2.24, 2.45) is 0 Å². The predicted molar refractivity (Wildman–Crippen MR) is 112 cm³/mol. The maximum atomic E-state index is 12.4. The maximum Gasteiger partial charge on any atom is 0.326 e. The number of carbonyl (C=O) groups excluding carboxylic acids is 1. The van der Waals surface area contributed by atoms with E-state index in [9.17, 15) is 19.8 Å². The van der Waals surface area contributed by atoms with Crippen molar-refractivity contribution in [2.45, 2.75) is 19.1 Å². The van der Waals surface area contributed by atoms with E-state index in [1.807, 2.05) is 48.5 Å². The van der Waals surface area contributed by atoms with Gasteiger partial charge in [0.05, 0.1) is 17.2 Å². The zero-order valence-electron chi connectivity index (χ0n) is 15.5. The molecule has 0 aromatic heterocycles. The summed E-state index contributed by atoms with van der Waals surface area (Å²) in [7, 11) is 0. The fraction of sp³-hybridized carbons (Fsp3) is 0.130. The van der Waals surface area contributed by atoms with E-state index >= 15 is 0 Å². The summed E-state index contributed by atoms with van der Waals surface area (Å²) in [6, 6.07) is 20.3. The second-order valence-electron chi connectivity index (χ2n) is 6.56. The van der Waals surface area contributed by atoms with Crippen LogP contribution in [0.1, 0.15) is 21.5 Å². The summed E-state index contributed by atoms with van der Waals surface area (Å²) >= 11 is 6.02. The number of rotatable bonds is 7. The van der Waals surface area contributed by atoms with Gasteiger partial charge in [-0.05, 0) is 34.4 Å². The van der Waals surface area contributed by atoms with Crippen LogP contribution in [-0.2, 0) is 17.8 Å². The molecule has 0 aliphatic heterocycles. The van der Waals surface area contributed by atoms with Crippen LogP contribution in [0, 0.1) is 0 Å². The molecule has 1 atom stereocenters. The summed E-state index contributed by atoms with van der Waals surface area (Å²) in [5.74, 6) is -1.66. The molecule has 29 heavy (non-hydrogen) atoms. The third-order valence-corrected chi connectivity index (χ3v) is 4.94. The number of halogens is 1. The molecule has 1 unspecified atom stereocenters. The lowest BCUT2D eigenvalue weighted by atomic mass is 9.97. The molecule has 3 aromatic rings. The third kappa shape index (κ3) is 5.02. The van der Waals surface area contributed by atoms with Gasteiger partial charge in [0.25, 0.3) is 5.91 Å². The maximum absolute atomic E-state index is 12.4. The highest BCUT2D eigenvalue weighted by Crippen LogP contribution is 2.24. The Morgan fingerprint density at radius 2 is 1.59 bits per heavy atom. The first-order valence-electron chi connectivity index (χ1n) is 9.06. The molecule has 0 saturated carbocycles. The van der Waals surface area contributed by atoms with Gasteiger partial charge in [0.15, 0.2) is 0 Å². The van der Waals surface area contributed by atoms with Crippen molar-refractivity contribution in [1.29, 1.82) is 0 Å². The lowest BCUT2D eigenvalue weighted by molar-refractivity contribution is -0.139. The number of amides is 1. The van der Waals surface area contributed by atoms with Crippen LogP contribution in [0.3, 0.4) is 0 Å². The van der Waals surface area contributed by atoms with Crippen molar-refractivity contribution in [3.8, 4) is 11.1 Å². The Hall–Kier alpha value is -3.15. The van der Waals surface area contributed by atoms with Crippen molar-refractivity contribution in [1.82, 2.24) is 5.32 Å². The predicted octanol–water partition coefficient (Wildman–Crippen LogP) is 3.93. The van der Waals surface area contributed by atoms with Gasteiger partial charge in [-0.3, -0.25) is 4.79 Å². The largest absolute Gasteiger partial charge is 0.480 e. The Morgan fingerprint density at radius 1 is 0.931 bits per heavy atom. The quantitative estimate of drug-likeness (QED) is 0.552. The van der Waals surface area contributed by atoms with Crippen LogP contribution >= 0.6 is 11.6 Å².